The van der Waals surface area contributed by atoms with Crippen molar-refractivity contribution < 1.29 is 8.76 Å². The van der Waals surface area contributed by atoms with Crippen molar-refractivity contribution in [2.75, 3.05) is 12.3 Å². The van der Waals surface area contributed by atoms with E-state index in [-0.39, 0.29) is 0 Å². The van der Waals surface area contributed by atoms with Gasteiger partial charge in [-0.05, 0) is 19.4 Å². The van der Waals surface area contributed by atoms with Gasteiger partial charge in [0.15, 0.2) is 11.1 Å². The number of rotatable bonds is 6. The van der Waals surface area contributed by atoms with Gasteiger partial charge < -0.3 is 9.87 Å². The van der Waals surface area contributed by atoms with E-state index in [9.17, 15) is 4.21 Å². The predicted octanol–water partition coefficient (Wildman–Crippen LogP) is 0.986. The minimum atomic E-state index is -1.61. The molecule has 2 N–H and O–H groups in total. The van der Waals surface area contributed by atoms with E-state index in [1.165, 1.54) is 0 Å². The first-order chi connectivity index (χ1) is 5.13. The molecule has 0 aromatic rings. The zero-order chi connectivity index (χ0) is 8.69. The van der Waals surface area contributed by atoms with Crippen molar-refractivity contribution in [1.29, 1.82) is 0 Å². The Labute approximate surface area is 70.9 Å². The molecule has 3 nitrogen and oxygen atoms in total. The Balaban J connectivity index is 2.97. The molecule has 0 fully saturated rings. The Kier molecular flexibility index (Phi) is 6.80. The van der Waals surface area contributed by atoms with Gasteiger partial charge in [0.25, 0.3) is 0 Å². The third-order valence-electron chi connectivity index (χ3n) is 1.30. The Morgan fingerprint density at radius 1 is 1.45 bits per heavy atom. The lowest BCUT2D eigenvalue weighted by molar-refractivity contribution is 0.547. The van der Waals surface area contributed by atoms with Gasteiger partial charge in [-0.25, -0.2) is 4.21 Å². The van der Waals surface area contributed by atoms with Crippen LogP contribution in [-0.2, 0) is 11.1 Å². The van der Waals surface area contributed by atoms with E-state index < -0.39 is 11.1 Å². The topological polar surface area (TPSA) is 49.3 Å². The molecule has 0 heterocycles. The zero-order valence-corrected chi connectivity index (χ0v) is 7.99. The molecule has 0 amide bonds. The molecular formula is C7H17NO2S. The summed E-state index contributed by atoms with van der Waals surface area (Å²) in [5, 5.41) is 3.24. The Morgan fingerprint density at radius 3 is 2.55 bits per heavy atom. The highest BCUT2D eigenvalue weighted by molar-refractivity contribution is 7.79. The fraction of sp³-hybridized carbons (Fsp3) is 1.00. The van der Waals surface area contributed by atoms with Crippen molar-refractivity contribution in [2.24, 2.45) is 0 Å². The SMILES string of the molecule is CC(C)NCCCCS(=O)O. The molecule has 68 valence electrons. The van der Waals surface area contributed by atoms with Crippen molar-refractivity contribution in [1.82, 2.24) is 5.32 Å². The fourth-order valence-corrected chi connectivity index (χ4v) is 1.19. The second kappa shape index (κ2) is 6.76. The van der Waals surface area contributed by atoms with Crippen LogP contribution in [0.2, 0.25) is 0 Å². The molecule has 0 spiro atoms. The van der Waals surface area contributed by atoms with Crippen molar-refractivity contribution in [3.05, 3.63) is 0 Å². The van der Waals surface area contributed by atoms with Crippen molar-refractivity contribution in [3.8, 4) is 0 Å². The van der Waals surface area contributed by atoms with Crippen LogP contribution in [-0.4, -0.2) is 27.1 Å². The van der Waals surface area contributed by atoms with Gasteiger partial charge in [0, 0.05) is 11.8 Å². The monoisotopic (exact) mass is 179 g/mol. The molecule has 4 heteroatoms. The molecule has 0 saturated heterocycles. The van der Waals surface area contributed by atoms with Gasteiger partial charge in [-0.15, -0.1) is 0 Å². The van der Waals surface area contributed by atoms with Gasteiger partial charge in [-0.3, -0.25) is 0 Å². The summed E-state index contributed by atoms with van der Waals surface area (Å²) in [6.45, 7) is 5.11. The van der Waals surface area contributed by atoms with Crippen molar-refractivity contribution in [2.45, 2.75) is 32.7 Å². The molecule has 0 rings (SSSR count). The Bertz CT molecular complexity index is 117. The van der Waals surface area contributed by atoms with E-state index in [4.69, 9.17) is 4.55 Å². The van der Waals surface area contributed by atoms with Gasteiger partial charge in [0.1, 0.15) is 0 Å². The number of hydrogen-bond donors (Lipinski definition) is 2. The summed E-state index contributed by atoms with van der Waals surface area (Å²) < 4.78 is 18.6. The number of unbranched alkanes of at least 4 members (excludes halogenated alkanes) is 1. The van der Waals surface area contributed by atoms with E-state index in [1.54, 1.807) is 0 Å². The molecule has 0 bridgehead atoms. The minimum absolute atomic E-state index is 0.403. The highest BCUT2D eigenvalue weighted by Crippen LogP contribution is 1.89. The normalized spacial score (nSPS) is 13.8. The fourth-order valence-electron chi connectivity index (χ4n) is 0.741. The van der Waals surface area contributed by atoms with Crippen LogP contribution in [0.4, 0.5) is 0 Å². The highest BCUT2D eigenvalue weighted by Gasteiger charge is 1.94. The van der Waals surface area contributed by atoms with Crippen LogP contribution in [0.15, 0.2) is 0 Å². The van der Waals surface area contributed by atoms with Gasteiger partial charge >= 0.3 is 0 Å². The summed E-state index contributed by atoms with van der Waals surface area (Å²) in [6.07, 6.45) is 1.80. The van der Waals surface area contributed by atoms with Gasteiger partial charge in [-0.2, -0.15) is 0 Å². The molecular weight excluding hydrogens is 162 g/mol. The summed E-state index contributed by atoms with van der Waals surface area (Å²) in [5.41, 5.74) is 0. The molecule has 0 aliphatic heterocycles. The average Bonchev–Trinajstić information content (AvgIpc) is 1.85. The maximum atomic E-state index is 10.2. The predicted molar refractivity (Wildman–Crippen MR) is 48.0 cm³/mol. The Morgan fingerprint density at radius 2 is 2.09 bits per heavy atom. The summed E-state index contributed by atoms with van der Waals surface area (Å²) in [6, 6.07) is 0.509. The van der Waals surface area contributed by atoms with E-state index in [1.807, 2.05) is 0 Å². The largest absolute Gasteiger partial charge is 0.315 e. The lowest BCUT2D eigenvalue weighted by atomic mass is 10.3. The molecule has 1 atom stereocenters. The first-order valence-corrected chi connectivity index (χ1v) is 5.21. The third kappa shape index (κ3) is 10.1. The molecule has 0 saturated carbocycles. The number of hydrogen-bond acceptors (Lipinski definition) is 2. The molecule has 0 radical (unpaired) electrons. The van der Waals surface area contributed by atoms with Gasteiger partial charge in [-0.1, -0.05) is 13.8 Å². The van der Waals surface area contributed by atoms with Gasteiger partial charge in [0.2, 0.25) is 0 Å². The molecule has 0 aliphatic rings. The number of nitrogens with one attached hydrogen (secondary N) is 1. The van der Waals surface area contributed by atoms with Crippen molar-refractivity contribution in [3.63, 3.8) is 0 Å². The molecule has 0 aliphatic carbocycles. The molecule has 11 heavy (non-hydrogen) atoms. The van der Waals surface area contributed by atoms with Crippen LogP contribution in [0.3, 0.4) is 0 Å². The average molecular weight is 179 g/mol. The van der Waals surface area contributed by atoms with Crippen LogP contribution >= 0.6 is 0 Å². The van der Waals surface area contributed by atoms with Crippen LogP contribution in [0.5, 0.6) is 0 Å². The van der Waals surface area contributed by atoms with E-state index in [0.717, 1.165) is 19.4 Å². The highest BCUT2D eigenvalue weighted by atomic mass is 32.2. The maximum Gasteiger partial charge on any atom is 0.152 e. The van der Waals surface area contributed by atoms with Crippen molar-refractivity contribution >= 4 is 11.1 Å². The smallest absolute Gasteiger partial charge is 0.152 e. The first kappa shape index (κ1) is 11.1. The van der Waals surface area contributed by atoms with Crippen LogP contribution in [0.1, 0.15) is 26.7 Å². The van der Waals surface area contributed by atoms with Crippen LogP contribution in [0.25, 0.3) is 0 Å². The molecule has 0 aromatic heterocycles. The second-order valence-corrected chi connectivity index (χ2v) is 3.89. The van der Waals surface area contributed by atoms with Gasteiger partial charge in [0.05, 0.1) is 0 Å². The minimum Gasteiger partial charge on any atom is -0.315 e. The summed E-state index contributed by atoms with van der Waals surface area (Å²) in [5.74, 6) is 0.403. The summed E-state index contributed by atoms with van der Waals surface area (Å²) >= 11 is -1.61. The summed E-state index contributed by atoms with van der Waals surface area (Å²) in [7, 11) is 0. The second-order valence-electron chi connectivity index (χ2n) is 2.84. The quantitative estimate of drug-likeness (QED) is 0.472. The van der Waals surface area contributed by atoms with Crippen LogP contribution < -0.4 is 5.32 Å². The van der Waals surface area contributed by atoms with E-state index in [2.05, 4.69) is 19.2 Å². The molecule has 1 unspecified atom stereocenters. The Hall–Kier alpha value is 0.0700. The zero-order valence-electron chi connectivity index (χ0n) is 7.17. The standard InChI is InChI=1S/C7H17NO2S/c1-7(2)8-5-3-4-6-11(9)10/h7-8H,3-6H2,1-2H3,(H,9,10). The van der Waals surface area contributed by atoms with E-state index in [0.29, 0.717) is 11.8 Å². The lowest BCUT2D eigenvalue weighted by Gasteiger charge is -2.06. The lowest BCUT2D eigenvalue weighted by Crippen LogP contribution is -2.23. The third-order valence-corrected chi connectivity index (χ3v) is 1.94. The van der Waals surface area contributed by atoms with Crippen LogP contribution in [0, 0.1) is 0 Å². The van der Waals surface area contributed by atoms with E-state index >= 15 is 0 Å². The maximum absolute atomic E-state index is 10.2. The first-order valence-electron chi connectivity index (χ1n) is 3.93. The molecule has 0 aromatic carbocycles. The summed E-state index contributed by atoms with van der Waals surface area (Å²) in [4.78, 5) is 0.